The summed E-state index contributed by atoms with van der Waals surface area (Å²) in [6.07, 6.45) is 1.23. The van der Waals surface area contributed by atoms with Crippen molar-refractivity contribution in [1.82, 2.24) is 5.32 Å². The Bertz CT molecular complexity index is 384. The molecule has 1 aromatic carbocycles. The molecule has 0 aliphatic rings. The van der Waals surface area contributed by atoms with Crippen molar-refractivity contribution in [2.24, 2.45) is 5.92 Å². The van der Waals surface area contributed by atoms with E-state index in [4.69, 9.17) is 5.11 Å². The number of β-amino-alcohol motifs (C(OH)–C–C–N with tert-alkyl or cyclic N) is 1. The van der Waals surface area contributed by atoms with Crippen molar-refractivity contribution < 1.29 is 10.2 Å². The lowest BCUT2D eigenvalue weighted by molar-refractivity contribution is 0.151. The highest BCUT2D eigenvalue weighted by Gasteiger charge is 2.18. The first kappa shape index (κ1) is 17.2. The predicted molar refractivity (Wildman–Crippen MR) is 83.7 cm³/mol. The topological polar surface area (TPSA) is 52.5 Å². The largest absolute Gasteiger partial charge is 0.396 e. The molecule has 0 bridgehead atoms. The van der Waals surface area contributed by atoms with Gasteiger partial charge in [-0.05, 0) is 43.7 Å². The molecule has 114 valence electrons. The Kier molecular flexibility index (Phi) is 6.66. The Morgan fingerprint density at radius 3 is 2.25 bits per heavy atom. The van der Waals surface area contributed by atoms with Gasteiger partial charge in [-0.1, -0.05) is 38.1 Å². The fourth-order valence-corrected chi connectivity index (χ4v) is 2.21. The molecule has 0 fully saturated rings. The predicted octanol–water partition coefficient (Wildman–Crippen LogP) is 2.67. The van der Waals surface area contributed by atoms with Gasteiger partial charge in [0.1, 0.15) is 0 Å². The van der Waals surface area contributed by atoms with Gasteiger partial charge in [-0.25, -0.2) is 0 Å². The normalized spacial score (nSPS) is 13.8. The van der Waals surface area contributed by atoms with Crippen LogP contribution in [0.1, 0.15) is 51.3 Å². The molecule has 1 unspecified atom stereocenters. The quantitative estimate of drug-likeness (QED) is 0.686. The van der Waals surface area contributed by atoms with E-state index in [2.05, 4.69) is 31.3 Å². The van der Waals surface area contributed by atoms with Gasteiger partial charge < -0.3 is 15.5 Å². The lowest BCUT2D eigenvalue weighted by Crippen LogP contribution is -2.42. The summed E-state index contributed by atoms with van der Waals surface area (Å²) in [6.45, 7) is 9.12. The van der Waals surface area contributed by atoms with Crippen molar-refractivity contribution in [3.8, 4) is 0 Å². The Morgan fingerprint density at radius 2 is 1.75 bits per heavy atom. The number of rotatable bonds is 8. The van der Waals surface area contributed by atoms with E-state index in [1.54, 1.807) is 0 Å². The van der Waals surface area contributed by atoms with Crippen LogP contribution in [0, 0.1) is 5.92 Å². The maximum atomic E-state index is 10.2. The summed E-state index contributed by atoms with van der Waals surface area (Å²) in [6, 6.07) is 8.20. The van der Waals surface area contributed by atoms with Gasteiger partial charge in [-0.15, -0.1) is 0 Å². The molecule has 0 aliphatic heterocycles. The molecule has 0 heterocycles. The second kappa shape index (κ2) is 7.77. The van der Waals surface area contributed by atoms with Crippen LogP contribution in [0.15, 0.2) is 24.3 Å². The van der Waals surface area contributed by atoms with Gasteiger partial charge in [-0.2, -0.15) is 0 Å². The molecule has 1 aromatic rings. The van der Waals surface area contributed by atoms with Gasteiger partial charge in [0.15, 0.2) is 0 Å². The SMILES string of the molecule is CC(C)Cc1ccc(C(O)CNC(C)(C)CCO)cc1. The number of hydrogen-bond acceptors (Lipinski definition) is 3. The van der Waals surface area contributed by atoms with E-state index in [9.17, 15) is 5.11 Å². The summed E-state index contributed by atoms with van der Waals surface area (Å²) < 4.78 is 0. The van der Waals surface area contributed by atoms with Crippen molar-refractivity contribution in [2.75, 3.05) is 13.2 Å². The first-order chi connectivity index (χ1) is 9.34. The summed E-state index contributed by atoms with van der Waals surface area (Å²) in [7, 11) is 0. The van der Waals surface area contributed by atoms with E-state index in [0.29, 0.717) is 18.9 Å². The van der Waals surface area contributed by atoms with Crippen molar-refractivity contribution in [2.45, 2.75) is 52.2 Å². The minimum Gasteiger partial charge on any atom is -0.396 e. The fourth-order valence-electron chi connectivity index (χ4n) is 2.21. The molecule has 1 rings (SSSR count). The van der Waals surface area contributed by atoms with Gasteiger partial charge in [-0.3, -0.25) is 0 Å². The van der Waals surface area contributed by atoms with Gasteiger partial charge >= 0.3 is 0 Å². The zero-order chi connectivity index (χ0) is 15.2. The van der Waals surface area contributed by atoms with Crippen LogP contribution < -0.4 is 5.32 Å². The summed E-state index contributed by atoms with van der Waals surface area (Å²) >= 11 is 0. The van der Waals surface area contributed by atoms with Crippen LogP contribution in [-0.2, 0) is 6.42 Å². The highest BCUT2D eigenvalue weighted by atomic mass is 16.3. The summed E-state index contributed by atoms with van der Waals surface area (Å²) in [5.41, 5.74) is 2.09. The second-order valence-electron chi connectivity index (χ2n) is 6.59. The zero-order valence-electron chi connectivity index (χ0n) is 13.2. The third-order valence-electron chi connectivity index (χ3n) is 3.52. The average Bonchev–Trinajstić information content (AvgIpc) is 2.36. The molecule has 3 heteroatoms. The maximum absolute atomic E-state index is 10.2. The van der Waals surface area contributed by atoms with Gasteiger partial charge in [0.05, 0.1) is 6.10 Å². The Balaban J connectivity index is 2.53. The van der Waals surface area contributed by atoms with E-state index in [1.807, 2.05) is 26.0 Å². The van der Waals surface area contributed by atoms with E-state index in [-0.39, 0.29) is 12.1 Å². The summed E-state index contributed by atoms with van der Waals surface area (Å²) in [4.78, 5) is 0. The molecule has 1 atom stereocenters. The molecule has 3 N–H and O–H groups in total. The molecule has 3 nitrogen and oxygen atoms in total. The lowest BCUT2D eigenvalue weighted by atomic mass is 9.98. The standard InChI is InChI=1S/C17H29NO2/c1-13(2)11-14-5-7-15(8-6-14)16(20)12-18-17(3,4)9-10-19/h5-8,13,16,18-20H,9-12H2,1-4H3. The number of aliphatic hydroxyl groups excluding tert-OH is 2. The summed E-state index contributed by atoms with van der Waals surface area (Å²) in [5, 5.41) is 22.5. The Hall–Kier alpha value is -0.900. The maximum Gasteiger partial charge on any atom is 0.0914 e. The highest BCUT2D eigenvalue weighted by Crippen LogP contribution is 2.17. The van der Waals surface area contributed by atoms with Crippen LogP contribution in [0.3, 0.4) is 0 Å². The van der Waals surface area contributed by atoms with Crippen molar-refractivity contribution >= 4 is 0 Å². The molecular formula is C17H29NO2. The van der Waals surface area contributed by atoms with Crippen LogP contribution in [0.5, 0.6) is 0 Å². The third-order valence-corrected chi connectivity index (χ3v) is 3.52. The molecule has 0 saturated heterocycles. The highest BCUT2D eigenvalue weighted by molar-refractivity contribution is 5.24. The zero-order valence-corrected chi connectivity index (χ0v) is 13.2. The summed E-state index contributed by atoms with van der Waals surface area (Å²) in [5.74, 6) is 0.645. The van der Waals surface area contributed by atoms with Crippen LogP contribution in [-0.4, -0.2) is 28.9 Å². The second-order valence-corrected chi connectivity index (χ2v) is 6.59. The monoisotopic (exact) mass is 279 g/mol. The van der Waals surface area contributed by atoms with E-state index in [0.717, 1.165) is 12.0 Å². The van der Waals surface area contributed by atoms with E-state index in [1.165, 1.54) is 5.56 Å². The molecule has 0 spiro atoms. The molecule has 0 amide bonds. The fraction of sp³-hybridized carbons (Fsp3) is 0.647. The van der Waals surface area contributed by atoms with E-state index >= 15 is 0 Å². The molecular weight excluding hydrogens is 250 g/mol. The first-order valence-corrected chi connectivity index (χ1v) is 7.47. The number of hydrogen-bond donors (Lipinski definition) is 3. The molecule has 0 aliphatic carbocycles. The van der Waals surface area contributed by atoms with Crippen molar-refractivity contribution in [3.63, 3.8) is 0 Å². The van der Waals surface area contributed by atoms with Gasteiger partial charge in [0, 0.05) is 18.7 Å². The van der Waals surface area contributed by atoms with Crippen molar-refractivity contribution in [1.29, 1.82) is 0 Å². The van der Waals surface area contributed by atoms with Gasteiger partial charge in [0.25, 0.3) is 0 Å². The number of nitrogens with one attached hydrogen (secondary N) is 1. The minimum absolute atomic E-state index is 0.153. The molecule has 0 aromatic heterocycles. The van der Waals surface area contributed by atoms with E-state index < -0.39 is 6.10 Å². The minimum atomic E-state index is -0.513. The van der Waals surface area contributed by atoms with Crippen molar-refractivity contribution in [3.05, 3.63) is 35.4 Å². The van der Waals surface area contributed by atoms with Crippen LogP contribution >= 0.6 is 0 Å². The van der Waals surface area contributed by atoms with Crippen LogP contribution in [0.4, 0.5) is 0 Å². The smallest absolute Gasteiger partial charge is 0.0914 e. The number of benzene rings is 1. The van der Waals surface area contributed by atoms with Crippen LogP contribution in [0.25, 0.3) is 0 Å². The van der Waals surface area contributed by atoms with Gasteiger partial charge in [0.2, 0.25) is 0 Å². The molecule has 0 saturated carbocycles. The lowest BCUT2D eigenvalue weighted by Gasteiger charge is -2.27. The first-order valence-electron chi connectivity index (χ1n) is 7.47. The number of aliphatic hydroxyl groups is 2. The average molecular weight is 279 g/mol. The Labute approximate surface area is 123 Å². The third kappa shape index (κ3) is 6.04. The Morgan fingerprint density at radius 1 is 1.15 bits per heavy atom. The van der Waals surface area contributed by atoms with Crippen LogP contribution in [0.2, 0.25) is 0 Å². The molecule has 0 radical (unpaired) electrons. The molecule has 20 heavy (non-hydrogen) atoms.